The number of aromatic nitrogens is 2. The van der Waals surface area contributed by atoms with Crippen molar-refractivity contribution < 1.29 is 14.7 Å². The van der Waals surface area contributed by atoms with E-state index in [0.717, 1.165) is 24.8 Å². The van der Waals surface area contributed by atoms with Crippen molar-refractivity contribution in [3.05, 3.63) is 72.1 Å². The van der Waals surface area contributed by atoms with Gasteiger partial charge in [0.2, 0.25) is 5.91 Å². The third-order valence-corrected chi connectivity index (χ3v) is 5.42. The molecule has 0 saturated heterocycles. The molecule has 0 aliphatic rings. The van der Waals surface area contributed by atoms with E-state index in [2.05, 4.69) is 27.5 Å². The van der Waals surface area contributed by atoms with Crippen LogP contribution in [0.4, 0.5) is 5.69 Å². The van der Waals surface area contributed by atoms with Crippen molar-refractivity contribution in [1.29, 1.82) is 0 Å². The second-order valence-electron chi connectivity index (χ2n) is 8.03. The second-order valence-corrected chi connectivity index (χ2v) is 8.03. The van der Waals surface area contributed by atoms with Gasteiger partial charge in [0.25, 0.3) is 5.91 Å². The zero-order valence-corrected chi connectivity index (χ0v) is 19.0. The third kappa shape index (κ3) is 6.62. The van der Waals surface area contributed by atoms with Gasteiger partial charge in [0.15, 0.2) is 5.82 Å². The van der Waals surface area contributed by atoms with Gasteiger partial charge in [0.05, 0.1) is 17.2 Å². The average Bonchev–Trinajstić information content (AvgIpc) is 2.83. The van der Waals surface area contributed by atoms with Gasteiger partial charge in [-0.25, -0.2) is 9.97 Å². The van der Waals surface area contributed by atoms with Crippen molar-refractivity contribution >= 4 is 17.5 Å². The van der Waals surface area contributed by atoms with Crippen LogP contribution in [0.25, 0.3) is 11.4 Å². The number of para-hydroxylation sites is 2. The molecular weight excluding hydrogens is 416 g/mol. The van der Waals surface area contributed by atoms with Gasteiger partial charge in [-0.15, -0.1) is 0 Å². The van der Waals surface area contributed by atoms with Crippen LogP contribution < -0.4 is 10.6 Å². The molecule has 7 heteroatoms. The van der Waals surface area contributed by atoms with Crippen LogP contribution in [0.1, 0.15) is 48.5 Å². The van der Waals surface area contributed by atoms with Gasteiger partial charge in [-0.05, 0) is 37.6 Å². The largest absolute Gasteiger partial charge is 0.506 e. The fourth-order valence-corrected chi connectivity index (χ4v) is 3.57. The number of aryl methyl sites for hydroxylation is 1. The van der Waals surface area contributed by atoms with Crippen LogP contribution in [0.2, 0.25) is 0 Å². The van der Waals surface area contributed by atoms with Crippen LogP contribution in [0, 0.1) is 12.8 Å². The minimum Gasteiger partial charge on any atom is -0.506 e. The minimum atomic E-state index is -0.429. The highest BCUT2D eigenvalue weighted by Gasteiger charge is 2.22. The highest BCUT2D eigenvalue weighted by molar-refractivity contribution is 6.01. The monoisotopic (exact) mass is 446 g/mol. The molecule has 0 bridgehead atoms. The van der Waals surface area contributed by atoms with E-state index in [-0.39, 0.29) is 24.1 Å². The summed E-state index contributed by atoms with van der Waals surface area (Å²) in [6.45, 7) is 4.20. The number of anilines is 1. The lowest BCUT2D eigenvalue weighted by atomic mass is 9.99. The zero-order chi connectivity index (χ0) is 23.6. The molecule has 172 valence electrons. The van der Waals surface area contributed by atoms with Crippen LogP contribution in [0.15, 0.2) is 60.9 Å². The lowest BCUT2D eigenvalue weighted by Crippen LogP contribution is -2.36. The Morgan fingerprint density at radius 3 is 2.52 bits per heavy atom. The molecule has 0 saturated carbocycles. The summed E-state index contributed by atoms with van der Waals surface area (Å²) in [5.74, 6) is -0.462. The molecule has 7 nitrogen and oxygen atoms in total. The van der Waals surface area contributed by atoms with Gasteiger partial charge < -0.3 is 15.7 Å². The van der Waals surface area contributed by atoms with Crippen molar-refractivity contribution in [3.63, 3.8) is 0 Å². The number of phenolic OH excluding ortho intramolecular Hbond substituents is 1. The molecule has 0 aliphatic heterocycles. The number of hydrogen-bond donors (Lipinski definition) is 3. The maximum atomic E-state index is 13.1. The summed E-state index contributed by atoms with van der Waals surface area (Å²) in [6.07, 6.45) is 6.81. The van der Waals surface area contributed by atoms with Gasteiger partial charge in [-0.2, -0.15) is 0 Å². The first kappa shape index (κ1) is 23.9. The average molecular weight is 447 g/mol. The molecule has 0 fully saturated rings. The van der Waals surface area contributed by atoms with E-state index >= 15 is 0 Å². The Labute approximate surface area is 194 Å². The Morgan fingerprint density at radius 1 is 1.03 bits per heavy atom. The van der Waals surface area contributed by atoms with Crippen LogP contribution in [-0.4, -0.2) is 33.4 Å². The molecule has 3 aromatic rings. The van der Waals surface area contributed by atoms with Crippen molar-refractivity contribution in [1.82, 2.24) is 15.3 Å². The lowest BCUT2D eigenvalue weighted by molar-refractivity contribution is -0.119. The molecule has 2 aromatic carbocycles. The Kier molecular flexibility index (Phi) is 8.52. The van der Waals surface area contributed by atoms with Crippen molar-refractivity contribution in [2.24, 2.45) is 5.92 Å². The number of amides is 2. The number of unbranched alkanes of at least 4 members (excludes halogenated alkanes) is 2. The summed E-state index contributed by atoms with van der Waals surface area (Å²) in [5, 5.41) is 15.7. The number of hydrogen-bond acceptors (Lipinski definition) is 5. The molecule has 0 unspecified atom stereocenters. The highest BCUT2D eigenvalue weighted by atomic mass is 16.3. The summed E-state index contributed by atoms with van der Waals surface area (Å²) >= 11 is 0. The number of nitrogens with one attached hydrogen (secondary N) is 2. The van der Waals surface area contributed by atoms with Crippen LogP contribution >= 0.6 is 0 Å². The quantitative estimate of drug-likeness (QED) is 0.309. The van der Waals surface area contributed by atoms with Crippen molar-refractivity contribution in [3.8, 4) is 17.1 Å². The molecule has 2 amide bonds. The Morgan fingerprint density at radius 2 is 1.79 bits per heavy atom. The number of carbonyl (C=O) groups excluding carboxylic acids is 2. The summed E-state index contributed by atoms with van der Waals surface area (Å²) in [6, 6.07) is 13.9. The first-order valence-electron chi connectivity index (χ1n) is 11.2. The number of nitrogens with zero attached hydrogens (tertiary/aromatic N) is 2. The molecule has 3 rings (SSSR count). The smallest absolute Gasteiger partial charge is 0.252 e. The van der Waals surface area contributed by atoms with Gasteiger partial charge in [-0.1, -0.05) is 56.0 Å². The van der Waals surface area contributed by atoms with Gasteiger partial charge >= 0.3 is 0 Å². The lowest BCUT2D eigenvalue weighted by Gasteiger charge is -2.18. The molecule has 1 aromatic heterocycles. The predicted octanol–water partition coefficient (Wildman–Crippen LogP) is 4.72. The molecule has 0 radical (unpaired) electrons. The third-order valence-electron chi connectivity index (χ3n) is 5.42. The Bertz CT molecular complexity index is 1090. The van der Waals surface area contributed by atoms with E-state index in [9.17, 15) is 14.7 Å². The first-order valence-corrected chi connectivity index (χ1v) is 11.2. The number of benzene rings is 2. The van der Waals surface area contributed by atoms with E-state index in [0.29, 0.717) is 29.1 Å². The summed E-state index contributed by atoms with van der Waals surface area (Å²) in [7, 11) is 0. The van der Waals surface area contributed by atoms with Crippen LogP contribution in [-0.2, 0) is 4.79 Å². The van der Waals surface area contributed by atoms with Gasteiger partial charge in [0, 0.05) is 24.5 Å². The van der Waals surface area contributed by atoms with Crippen molar-refractivity contribution in [2.75, 3.05) is 11.9 Å². The van der Waals surface area contributed by atoms with Gasteiger partial charge in [-0.3, -0.25) is 9.59 Å². The summed E-state index contributed by atoms with van der Waals surface area (Å²) in [4.78, 5) is 34.6. The fraction of sp³-hybridized carbons (Fsp3) is 0.308. The topological polar surface area (TPSA) is 104 Å². The van der Waals surface area contributed by atoms with Gasteiger partial charge in [0.1, 0.15) is 5.75 Å². The molecule has 1 heterocycles. The van der Waals surface area contributed by atoms with E-state index in [1.54, 1.807) is 42.7 Å². The van der Waals surface area contributed by atoms with E-state index in [1.165, 1.54) is 6.07 Å². The maximum Gasteiger partial charge on any atom is 0.252 e. The second kappa shape index (κ2) is 11.8. The van der Waals surface area contributed by atoms with Crippen LogP contribution in [0.3, 0.4) is 0 Å². The van der Waals surface area contributed by atoms with Crippen LogP contribution in [0.5, 0.6) is 5.75 Å². The van der Waals surface area contributed by atoms with E-state index in [1.807, 2.05) is 19.1 Å². The first-order chi connectivity index (χ1) is 16.0. The highest BCUT2D eigenvalue weighted by Crippen LogP contribution is 2.24. The predicted molar refractivity (Wildman–Crippen MR) is 129 cm³/mol. The Balaban J connectivity index is 1.75. The molecule has 3 N–H and O–H groups in total. The normalized spacial score (nSPS) is 11.6. The number of phenols is 1. The number of rotatable bonds is 10. The van der Waals surface area contributed by atoms with Crippen molar-refractivity contribution in [2.45, 2.75) is 39.5 Å². The molecule has 0 spiro atoms. The fourth-order valence-electron chi connectivity index (χ4n) is 3.57. The molecule has 0 aliphatic carbocycles. The number of carbonyl (C=O) groups is 2. The Hall–Kier alpha value is -3.74. The maximum absolute atomic E-state index is 13.1. The molecule has 1 atom stereocenters. The summed E-state index contributed by atoms with van der Waals surface area (Å²) in [5.41, 5.74) is 2.41. The zero-order valence-electron chi connectivity index (χ0n) is 19.0. The van der Waals surface area contributed by atoms with E-state index < -0.39 is 5.92 Å². The standard InChI is InChI=1S/C26H30N4O3/c1-3-4-5-9-19(25(32)30-22-10-6-7-11-23(22)31)17-29-26(33)21-16-18(2)12-13-20(21)24-27-14-8-15-28-24/h6-8,10-16,19,31H,3-5,9,17H2,1-2H3,(H,29,33)(H,30,32)/t19-/m0/s1. The minimum absolute atomic E-state index is 0.00876. The summed E-state index contributed by atoms with van der Waals surface area (Å²) < 4.78 is 0. The molecule has 33 heavy (non-hydrogen) atoms. The number of aromatic hydroxyl groups is 1. The van der Waals surface area contributed by atoms with E-state index in [4.69, 9.17) is 0 Å². The molecular formula is C26H30N4O3. The SMILES string of the molecule is CCCCC[C@@H](CNC(=O)c1cc(C)ccc1-c1ncccn1)C(=O)Nc1ccccc1O.